The lowest BCUT2D eigenvalue weighted by atomic mass is 10.0. The van der Waals surface area contributed by atoms with Crippen LogP contribution in [0.15, 0.2) is 41.3 Å². The van der Waals surface area contributed by atoms with Crippen LogP contribution in [0, 0.1) is 0 Å². The maximum Gasteiger partial charge on any atom is 0.238 e. The van der Waals surface area contributed by atoms with Crippen LogP contribution in [0.5, 0.6) is 11.5 Å². The van der Waals surface area contributed by atoms with Gasteiger partial charge in [-0.15, -0.1) is 0 Å². The normalized spacial score (nSPS) is 11.2. The van der Waals surface area contributed by atoms with Crippen molar-refractivity contribution in [1.82, 2.24) is 0 Å². The predicted octanol–water partition coefficient (Wildman–Crippen LogP) is 1.60. The number of methoxy groups -OCH3 is 2. The molecule has 6 nitrogen and oxygen atoms in total. The highest BCUT2D eigenvalue weighted by Gasteiger charge is 2.15. The van der Waals surface area contributed by atoms with Gasteiger partial charge in [-0.05, 0) is 24.3 Å². The summed E-state index contributed by atoms with van der Waals surface area (Å²) in [5.74, 6) is 1.01. The average Bonchev–Trinajstić information content (AvgIpc) is 2.45. The third-order valence-corrected chi connectivity index (χ3v) is 3.96. The van der Waals surface area contributed by atoms with Crippen molar-refractivity contribution in [2.75, 3.05) is 20.0 Å². The second-order valence-electron chi connectivity index (χ2n) is 4.36. The molecule has 0 heterocycles. The lowest BCUT2D eigenvalue weighted by molar-refractivity contribution is 0.414. The smallest absolute Gasteiger partial charge is 0.238 e. The van der Waals surface area contributed by atoms with Crippen LogP contribution in [0.25, 0.3) is 11.1 Å². The van der Waals surface area contributed by atoms with Crippen molar-refractivity contribution in [3.05, 3.63) is 36.4 Å². The molecule has 2 aromatic rings. The summed E-state index contributed by atoms with van der Waals surface area (Å²) in [4.78, 5) is -0.0183. The first-order valence-electron chi connectivity index (χ1n) is 6.01. The number of primary sulfonamides is 1. The largest absolute Gasteiger partial charge is 0.497 e. The van der Waals surface area contributed by atoms with E-state index in [4.69, 9.17) is 20.3 Å². The number of sulfonamides is 1. The van der Waals surface area contributed by atoms with Crippen LogP contribution in [0.2, 0.25) is 0 Å². The number of nitrogen functional groups attached to an aromatic ring is 1. The molecule has 0 aromatic heterocycles. The van der Waals surface area contributed by atoms with E-state index in [9.17, 15) is 8.42 Å². The molecule has 21 heavy (non-hydrogen) atoms. The zero-order valence-corrected chi connectivity index (χ0v) is 12.5. The van der Waals surface area contributed by atoms with Crippen LogP contribution in [-0.2, 0) is 10.0 Å². The van der Waals surface area contributed by atoms with Crippen molar-refractivity contribution in [1.29, 1.82) is 0 Å². The van der Waals surface area contributed by atoms with Crippen LogP contribution in [0.1, 0.15) is 0 Å². The molecular formula is C14H16N2O4S. The molecule has 4 N–H and O–H groups in total. The fourth-order valence-electron chi connectivity index (χ4n) is 1.98. The molecule has 0 saturated carbocycles. The van der Waals surface area contributed by atoms with Crippen molar-refractivity contribution in [2.45, 2.75) is 4.90 Å². The summed E-state index contributed by atoms with van der Waals surface area (Å²) in [5, 5.41) is 5.11. The minimum atomic E-state index is -3.79. The molecule has 0 radical (unpaired) electrons. The van der Waals surface area contributed by atoms with Gasteiger partial charge in [0.05, 0.1) is 19.1 Å². The van der Waals surface area contributed by atoms with E-state index in [0.29, 0.717) is 28.3 Å². The summed E-state index contributed by atoms with van der Waals surface area (Å²) in [7, 11) is -0.785. The van der Waals surface area contributed by atoms with Crippen molar-refractivity contribution < 1.29 is 17.9 Å². The van der Waals surface area contributed by atoms with Crippen molar-refractivity contribution in [3.8, 4) is 22.6 Å². The SMILES string of the molecule is COc1ccc(-c2ccc(S(N)(=O)=O)cc2OC)c(N)c1. The van der Waals surface area contributed by atoms with Gasteiger partial charge in [-0.1, -0.05) is 0 Å². The molecule has 0 fully saturated rings. The number of anilines is 1. The molecule has 2 rings (SSSR count). The Morgan fingerprint density at radius 3 is 2.14 bits per heavy atom. The van der Waals surface area contributed by atoms with E-state index in [1.165, 1.54) is 19.2 Å². The van der Waals surface area contributed by atoms with Gasteiger partial charge in [-0.2, -0.15) is 0 Å². The highest BCUT2D eigenvalue weighted by molar-refractivity contribution is 7.89. The third kappa shape index (κ3) is 3.09. The molecule has 0 aliphatic carbocycles. The molecule has 112 valence electrons. The summed E-state index contributed by atoms with van der Waals surface area (Å²) in [5.41, 5.74) is 7.88. The lowest BCUT2D eigenvalue weighted by Crippen LogP contribution is -2.12. The van der Waals surface area contributed by atoms with Crippen LogP contribution in [-0.4, -0.2) is 22.6 Å². The third-order valence-electron chi connectivity index (χ3n) is 3.05. The Balaban J connectivity index is 2.59. The Kier molecular flexibility index (Phi) is 4.06. The van der Waals surface area contributed by atoms with E-state index in [-0.39, 0.29) is 4.90 Å². The number of hydrogen-bond acceptors (Lipinski definition) is 5. The van der Waals surface area contributed by atoms with Crippen LogP contribution < -0.4 is 20.3 Å². The molecule has 2 aromatic carbocycles. The minimum Gasteiger partial charge on any atom is -0.497 e. The van der Waals surface area contributed by atoms with E-state index < -0.39 is 10.0 Å². The molecule has 0 atom stereocenters. The molecule has 7 heteroatoms. The van der Waals surface area contributed by atoms with Crippen molar-refractivity contribution >= 4 is 15.7 Å². The van der Waals surface area contributed by atoms with Gasteiger partial charge in [0.25, 0.3) is 0 Å². The molecular weight excluding hydrogens is 292 g/mol. The zero-order valence-electron chi connectivity index (χ0n) is 11.7. The van der Waals surface area contributed by atoms with Gasteiger partial charge in [-0.25, -0.2) is 13.6 Å². The highest BCUT2D eigenvalue weighted by atomic mass is 32.2. The quantitative estimate of drug-likeness (QED) is 0.835. The first kappa shape index (κ1) is 15.1. The molecule has 0 saturated heterocycles. The molecule has 0 amide bonds. The summed E-state index contributed by atoms with van der Waals surface area (Å²) in [6.07, 6.45) is 0. The first-order valence-corrected chi connectivity index (χ1v) is 7.56. The summed E-state index contributed by atoms with van der Waals surface area (Å²) >= 11 is 0. The number of rotatable bonds is 4. The Labute approximate surface area is 123 Å². The molecule has 0 spiro atoms. The fourth-order valence-corrected chi connectivity index (χ4v) is 2.51. The Hall–Kier alpha value is -2.25. The van der Waals surface area contributed by atoms with Crippen molar-refractivity contribution in [2.24, 2.45) is 5.14 Å². The Bertz CT molecular complexity index is 773. The second kappa shape index (κ2) is 5.63. The van der Waals surface area contributed by atoms with Gasteiger partial charge in [0.2, 0.25) is 10.0 Å². The second-order valence-corrected chi connectivity index (χ2v) is 5.92. The van der Waals surface area contributed by atoms with Gasteiger partial charge in [0, 0.05) is 28.9 Å². The lowest BCUT2D eigenvalue weighted by Gasteiger charge is -2.13. The topological polar surface area (TPSA) is 105 Å². The minimum absolute atomic E-state index is 0.0183. The average molecular weight is 308 g/mol. The van der Waals surface area contributed by atoms with E-state index >= 15 is 0 Å². The van der Waals surface area contributed by atoms with Crippen LogP contribution >= 0.6 is 0 Å². The van der Waals surface area contributed by atoms with Gasteiger partial charge in [0.1, 0.15) is 11.5 Å². The summed E-state index contributed by atoms with van der Waals surface area (Å²) in [6, 6.07) is 9.62. The van der Waals surface area contributed by atoms with Crippen molar-refractivity contribution in [3.63, 3.8) is 0 Å². The number of hydrogen-bond donors (Lipinski definition) is 2. The van der Waals surface area contributed by atoms with E-state index in [2.05, 4.69) is 0 Å². The summed E-state index contributed by atoms with van der Waals surface area (Å²) < 4.78 is 33.1. The monoisotopic (exact) mass is 308 g/mol. The maximum absolute atomic E-state index is 11.4. The number of nitrogens with two attached hydrogens (primary N) is 2. The van der Waals surface area contributed by atoms with E-state index in [0.717, 1.165) is 0 Å². The zero-order chi connectivity index (χ0) is 15.6. The predicted molar refractivity (Wildman–Crippen MR) is 80.8 cm³/mol. The first-order chi connectivity index (χ1) is 9.86. The van der Waals surface area contributed by atoms with Gasteiger partial charge in [-0.3, -0.25) is 0 Å². The van der Waals surface area contributed by atoms with Gasteiger partial charge < -0.3 is 15.2 Å². The molecule has 0 bridgehead atoms. The summed E-state index contributed by atoms with van der Waals surface area (Å²) in [6.45, 7) is 0. The van der Waals surface area contributed by atoms with E-state index in [1.807, 2.05) is 0 Å². The number of ether oxygens (including phenoxy) is 2. The van der Waals surface area contributed by atoms with Crippen LogP contribution in [0.3, 0.4) is 0 Å². The number of benzene rings is 2. The van der Waals surface area contributed by atoms with Gasteiger partial charge in [0.15, 0.2) is 0 Å². The maximum atomic E-state index is 11.4. The molecule has 0 aliphatic rings. The molecule has 0 unspecified atom stereocenters. The Morgan fingerprint density at radius 1 is 0.952 bits per heavy atom. The highest BCUT2D eigenvalue weighted by Crippen LogP contribution is 2.36. The molecule has 0 aliphatic heterocycles. The van der Waals surface area contributed by atoms with Crippen LogP contribution in [0.4, 0.5) is 5.69 Å². The van der Waals surface area contributed by atoms with E-state index in [1.54, 1.807) is 31.4 Å². The Morgan fingerprint density at radius 2 is 1.62 bits per heavy atom. The standard InChI is InChI=1S/C14H16N2O4S/c1-19-9-3-5-11(13(15)7-9)12-6-4-10(21(16,17)18)8-14(12)20-2/h3-8H,15H2,1-2H3,(H2,16,17,18). The van der Waals surface area contributed by atoms with Gasteiger partial charge >= 0.3 is 0 Å². The fraction of sp³-hybridized carbons (Fsp3) is 0.143.